The molecule has 13 heteroatoms. The van der Waals surface area contributed by atoms with Crippen molar-refractivity contribution in [3.63, 3.8) is 0 Å². The van der Waals surface area contributed by atoms with Crippen molar-refractivity contribution in [3.8, 4) is 0 Å². The van der Waals surface area contributed by atoms with E-state index < -0.39 is 25.1 Å². The fourth-order valence-electron chi connectivity index (χ4n) is 3.49. The second-order valence-electron chi connectivity index (χ2n) is 9.24. The summed E-state index contributed by atoms with van der Waals surface area (Å²) < 4.78 is 32.2. The molecule has 0 aromatic carbocycles. The summed E-state index contributed by atoms with van der Waals surface area (Å²) in [6.45, 7) is 8.86. The van der Waals surface area contributed by atoms with Gasteiger partial charge in [-0.15, -0.1) is 0 Å². The van der Waals surface area contributed by atoms with Gasteiger partial charge in [0.1, 0.15) is 23.7 Å². The molecule has 3 N–H and O–H groups in total. The third-order valence-electron chi connectivity index (χ3n) is 5.20. The predicted molar refractivity (Wildman–Crippen MR) is 128 cm³/mol. The van der Waals surface area contributed by atoms with Crippen LogP contribution in [0.3, 0.4) is 0 Å². The quantitative estimate of drug-likeness (QED) is 0.269. The Morgan fingerprint density at radius 3 is 2.65 bits per heavy atom. The zero-order valence-electron chi connectivity index (χ0n) is 20.4. The Kier molecular flexibility index (Phi) is 8.27. The number of ether oxygens (including phenoxy) is 2. The second kappa shape index (κ2) is 10.8. The number of rotatable bonds is 11. The smallest absolute Gasteiger partial charge is 0.365 e. The fourth-order valence-corrected chi connectivity index (χ4v) is 5.29. The number of anilines is 1. The largest absolute Gasteiger partial charge is 0.462 e. The third-order valence-corrected chi connectivity index (χ3v) is 6.93. The lowest BCUT2D eigenvalue weighted by molar-refractivity contribution is -0.153. The average molecular weight is 496 g/mol. The number of nitrogens with zero attached hydrogens (tertiary/aromatic N) is 5. The molecule has 188 valence electrons. The molecule has 12 nitrogen and oxygen atoms in total. The van der Waals surface area contributed by atoms with Gasteiger partial charge in [0.2, 0.25) is 0 Å². The Bertz CT molecular complexity index is 1080. The van der Waals surface area contributed by atoms with Gasteiger partial charge in [0.05, 0.1) is 30.8 Å². The van der Waals surface area contributed by atoms with Gasteiger partial charge in [-0.3, -0.25) is 9.36 Å². The number of nitrogens with one attached hydrogen (secondary N) is 1. The van der Waals surface area contributed by atoms with Crippen LogP contribution in [0.1, 0.15) is 60.3 Å². The first kappa shape index (κ1) is 26.1. The molecule has 0 spiro atoms. The fraction of sp³-hybridized carbons (Fsp3) is 0.667. The van der Waals surface area contributed by atoms with E-state index in [2.05, 4.69) is 25.2 Å². The zero-order valence-corrected chi connectivity index (χ0v) is 21.2. The molecule has 1 fully saturated rings. The van der Waals surface area contributed by atoms with Crippen LogP contribution in [0.15, 0.2) is 17.8 Å². The van der Waals surface area contributed by atoms with Gasteiger partial charge in [0.15, 0.2) is 11.5 Å². The van der Waals surface area contributed by atoms with Crippen LogP contribution in [-0.4, -0.2) is 55.3 Å². The van der Waals surface area contributed by atoms with E-state index in [-0.39, 0.29) is 12.5 Å². The highest BCUT2D eigenvalue weighted by atomic mass is 31.2. The Balaban J connectivity index is 1.70. The van der Waals surface area contributed by atoms with Crippen LogP contribution in [0, 0.1) is 0 Å². The number of carbonyl (C=O) groups is 1. The van der Waals surface area contributed by atoms with Crippen LogP contribution in [-0.2, 0) is 30.0 Å². The summed E-state index contributed by atoms with van der Waals surface area (Å²) in [5.41, 5.74) is 6.49. The molecule has 2 aromatic rings. The monoisotopic (exact) mass is 495 g/mol. The van der Waals surface area contributed by atoms with Crippen molar-refractivity contribution < 1.29 is 23.5 Å². The number of imidazole rings is 1. The van der Waals surface area contributed by atoms with E-state index in [1.165, 1.54) is 6.33 Å². The van der Waals surface area contributed by atoms with E-state index in [9.17, 15) is 9.36 Å². The van der Waals surface area contributed by atoms with Crippen LogP contribution in [0.5, 0.6) is 0 Å². The number of nitrogen functional groups attached to an aromatic ring is 1. The van der Waals surface area contributed by atoms with Crippen LogP contribution in [0.2, 0.25) is 0 Å². The summed E-state index contributed by atoms with van der Waals surface area (Å²) in [6, 6.07) is 0. The summed E-state index contributed by atoms with van der Waals surface area (Å²) in [4.78, 5) is 24.9. The maximum Gasteiger partial charge on any atom is 0.365 e. The summed E-state index contributed by atoms with van der Waals surface area (Å²) in [5.74, 6) is -0.254. The van der Waals surface area contributed by atoms with Crippen LogP contribution >= 0.6 is 7.52 Å². The molecule has 0 aliphatic heterocycles. The first-order valence-electron chi connectivity index (χ1n) is 11.4. The first-order chi connectivity index (χ1) is 16.0. The Hall–Kier alpha value is -2.56. The lowest BCUT2D eigenvalue weighted by Crippen LogP contribution is -2.47. The number of carbonyl (C=O) groups excluding carboxylic acids is 1. The number of oxime groups is 1. The average Bonchev–Trinajstić information content (AvgIpc) is 3.41. The van der Waals surface area contributed by atoms with Crippen molar-refractivity contribution in [2.45, 2.75) is 84.6 Å². The van der Waals surface area contributed by atoms with Crippen molar-refractivity contribution in [2.75, 3.05) is 12.1 Å². The molecular formula is C21H34N7O5P. The number of esters is 1. The standard InChI is InChI=1S/C21H34N7O5P/c1-14(2)32-20(29)21(4,5)27-34(30,33-26-16-8-6-7-9-16)13-31-15(3)10-28-12-25-17-18(22)23-11-24-19(17)28/h11-12,14-15H,6-10,13H2,1-5H3,(H,27,30)(H2,22,23,24). The molecule has 2 aromatic heterocycles. The number of hydrogen-bond acceptors (Lipinski definition) is 10. The number of fused-ring (bicyclic) bond motifs is 1. The Morgan fingerprint density at radius 2 is 1.97 bits per heavy atom. The van der Waals surface area contributed by atoms with Gasteiger partial charge < -0.3 is 24.4 Å². The normalized spacial score (nSPS) is 17.1. The highest BCUT2D eigenvalue weighted by molar-refractivity contribution is 7.56. The maximum absolute atomic E-state index is 13.7. The predicted octanol–water partition coefficient (Wildman–Crippen LogP) is 3.23. The molecule has 1 aliphatic carbocycles. The van der Waals surface area contributed by atoms with Gasteiger partial charge in [-0.05, 0) is 60.3 Å². The summed E-state index contributed by atoms with van der Waals surface area (Å²) >= 11 is 0. The molecule has 34 heavy (non-hydrogen) atoms. The highest BCUT2D eigenvalue weighted by Crippen LogP contribution is 2.46. The molecular weight excluding hydrogens is 461 g/mol. The van der Waals surface area contributed by atoms with Gasteiger partial charge in [-0.25, -0.2) is 20.0 Å². The van der Waals surface area contributed by atoms with Crippen molar-refractivity contribution in [1.82, 2.24) is 24.6 Å². The summed E-state index contributed by atoms with van der Waals surface area (Å²) in [7, 11) is -3.72. The van der Waals surface area contributed by atoms with Crippen molar-refractivity contribution >= 4 is 36.2 Å². The molecule has 0 bridgehead atoms. The maximum atomic E-state index is 13.7. The summed E-state index contributed by atoms with van der Waals surface area (Å²) in [5, 5.41) is 6.94. The highest BCUT2D eigenvalue weighted by Gasteiger charge is 2.40. The van der Waals surface area contributed by atoms with Gasteiger partial charge in [0.25, 0.3) is 0 Å². The van der Waals surface area contributed by atoms with Gasteiger partial charge in [-0.2, -0.15) is 0 Å². The van der Waals surface area contributed by atoms with E-state index in [1.807, 2.05) is 6.92 Å². The Labute approximate surface area is 199 Å². The minimum absolute atomic E-state index is 0.293. The number of aromatic nitrogens is 4. The van der Waals surface area contributed by atoms with E-state index in [1.54, 1.807) is 38.6 Å². The molecule has 0 saturated heterocycles. The topological polar surface area (TPSA) is 156 Å². The van der Waals surface area contributed by atoms with Crippen LogP contribution in [0.4, 0.5) is 5.82 Å². The van der Waals surface area contributed by atoms with E-state index >= 15 is 0 Å². The third kappa shape index (κ3) is 6.74. The van der Waals surface area contributed by atoms with E-state index in [4.69, 9.17) is 19.8 Å². The molecule has 0 radical (unpaired) electrons. The molecule has 2 atom stereocenters. The SMILES string of the molecule is CC(C)OC(=O)C(C)(C)NP(=O)(COC(C)Cn1cnc2c(N)ncnc21)ON=C1CCCC1. The molecule has 3 rings (SSSR count). The molecule has 2 unspecified atom stereocenters. The zero-order chi connectivity index (χ0) is 24.9. The molecule has 0 amide bonds. The van der Waals surface area contributed by atoms with Crippen molar-refractivity contribution in [2.24, 2.45) is 5.16 Å². The molecule has 2 heterocycles. The minimum Gasteiger partial charge on any atom is -0.462 e. The van der Waals surface area contributed by atoms with Crippen molar-refractivity contribution in [1.29, 1.82) is 0 Å². The van der Waals surface area contributed by atoms with E-state index in [0.29, 0.717) is 23.5 Å². The summed E-state index contributed by atoms with van der Waals surface area (Å²) in [6.07, 6.45) is 5.61. The van der Waals surface area contributed by atoms with Gasteiger partial charge in [0, 0.05) is 0 Å². The van der Waals surface area contributed by atoms with Crippen LogP contribution in [0.25, 0.3) is 11.2 Å². The molecule has 1 saturated carbocycles. The lowest BCUT2D eigenvalue weighted by atomic mass is 10.1. The van der Waals surface area contributed by atoms with Gasteiger partial charge >= 0.3 is 13.5 Å². The number of hydrogen-bond donors (Lipinski definition) is 2. The lowest BCUT2D eigenvalue weighted by Gasteiger charge is -2.29. The number of nitrogens with two attached hydrogens (primary N) is 1. The Morgan fingerprint density at radius 1 is 1.26 bits per heavy atom. The second-order valence-corrected chi connectivity index (χ2v) is 11.2. The first-order valence-corrected chi connectivity index (χ1v) is 13.2. The van der Waals surface area contributed by atoms with Gasteiger partial charge in [-0.1, -0.05) is 5.16 Å². The van der Waals surface area contributed by atoms with Crippen molar-refractivity contribution in [3.05, 3.63) is 12.7 Å². The minimum atomic E-state index is -3.72. The van der Waals surface area contributed by atoms with Crippen LogP contribution < -0.4 is 10.8 Å². The molecule has 1 aliphatic rings. The van der Waals surface area contributed by atoms with E-state index in [0.717, 1.165) is 31.4 Å².